The Bertz CT molecular complexity index is 2050. The number of hydrogen-bond acceptors (Lipinski definition) is 10. The number of benzene rings is 3. The normalized spacial score (nSPS) is 19.0. The molecule has 0 aliphatic carbocycles. The van der Waals surface area contributed by atoms with Gasteiger partial charge in [0.05, 0.1) is 35.7 Å². The minimum absolute atomic E-state index is 0.121. The van der Waals surface area contributed by atoms with Gasteiger partial charge in [0.25, 0.3) is 0 Å². The van der Waals surface area contributed by atoms with Gasteiger partial charge in [0.15, 0.2) is 11.5 Å². The number of fused-ring (bicyclic) bond motifs is 2. The van der Waals surface area contributed by atoms with E-state index in [4.69, 9.17) is 26.2 Å². The Morgan fingerprint density at radius 1 is 0.957 bits per heavy atom. The van der Waals surface area contributed by atoms with Crippen LogP contribution in [0.4, 0.5) is 11.4 Å². The van der Waals surface area contributed by atoms with Gasteiger partial charge in [0.2, 0.25) is 27.7 Å². The second kappa shape index (κ2) is 12.2. The molecule has 3 heterocycles. The van der Waals surface area contributed by atoms with Crippen molar-refractivity contribution < 1.29 is 32.3 Å². The number of rotatable bonds is 8. The van der Waals surface area contributed by atoms with E-state index in [0.717, 1.165) is 28.0 Å². The van der Waals surface area contributed by atoms with Gasteiger partial charge in [-0.05, 0) is 66.2 Å². The number of primary sulfonamides is 1. The van der Waals surface area contributed by atoms with E-state index >= 15 is 0 Å². The Morgan fingerprint density at radius 3 is 2.26 bits per heavy atom. The van der Waals surface area contributed by atoms with Crippen molar-refractivity contribution in [2.75, 3.05) is 24.4 Å². The molecule has 0 spiro atoms. The molecule has 1 saturated heterocycles. The van der Waals surface area contributed by atoms with Crippen molar-refractivity contribution >= 4 is 73.8 Å². The molecule has 6 rings (SSSR count). The lowest BCUT2D eigenvalue weighted by Gasteiger charge is -2.31. The number of carbonyl (C=O) groups is 3. The summed E-state index contributed by atoms with van der Waals surface area (Å²) >= 11 is 8.04. The third-order valence-corrected chi connectivity index (χ3v) is 11.5. The van der Waals surface area contributed by atoms with Crippen LogP contribution in [-0.2, 0) is 31.0 Å². The van der Waals surface area contributed by atoms with Gasteiger partial charge in [-0.1, -0.05) is 40.8 Å². The lowest BCUT2D eigenvalue weighted by Crippen LogP contribution is -2.33. The maximum Gasteiger partial charge on any atom is 0.308 e. The molecular weight excluding hydrogens is 676 g/mol. The highest BCUT2D eigenvalue weighted by Gasteiger charge is 2.57. The molecule has 12 nitrogen and oxygen atoms in total. The SMILES string of the molecule is COc1ccc([C@H]2c3sc(=O)n(CC(=O)Nc4ccc(S(N)(=O)=O)cc4)c3SC3C(=O)N(c4ccc(Cl)cc4)C(=O)C32)cc1OC. The van der Waals surface area contributed by atoms with E-state index in [1.165, 1.54) is 43.1 Å². The summed E-state index contributed by atoms with van der Waals surface area (Å²) in [6.45, 7) is -0.395. The number of thiazole rings is 1. The highest BCUT2D eigenvalue weighted by Crippen LogP contribution is 2.54. The lowest BCUT2D eigenvalue weighted by molar-refractivity contribution is -0.122. The largest absolute Gasteiger partial charge is 0.493 e. The molecule has 46 heavy (non-hydrogen) atoms. The van der Waals surface area contributed by atoms with Crippen LogP contribution in [0.3, 0.4) is 0 Å². The van der Waals surface area contributed by atoms with E-state index in [2.05, 4.69) is 5.32 Å². The number of carbonyl (C=O) groups excluding carboxylic acids is 3. The summed E-state index contributed by atoms with van der Waals surface area (Å²) in [5, 5.41) is 7.74. The van der Waals surface area contributed by atoms with Gasteiger partial charge < -0.3 is 14.8 Å². The monoisotopic (exact) mass is 700 g/mol. The average Bonchev–Trinajstić information content (AvgIpc) is 3.47. The summed E-state index contributed by atoms with van der Waals surface area (Å²) in [5.74, 6) is -2.16. The third kappa shape index (κ3) is 5.69. The van der Waals surface area contributed by atoms with E-state index in [-0.39, 0.29) is 4.90 Å². The molecule has 0 radical (unpaired) electrons. The van der Waals surface area contributed by atoms with Crippen LogP contribution < -0.4 is 29.7 Å². The Labute approximate surface area is 276 Å². The van der Waals surface area contributed by atoms with Gasteiger partial charge in [0, 0.05) is 21.5 Å². The Morgan fingerprint density at radius 2 is 1.63 bits per heavy atom. The molecule has 0 bridgehead atoms. The summed E-state index contributed by atoms with van der Waals surface area (Å²) in [7, 11) is -0.938. The van der Waals surface area contributed by atoms with E-state index < -0.39 is 56.2 Å². The quantitative estimate of drug-likeness (QED) is 0.261. The summed E-state index contributed by atoms with van der Waals surface area (Å²) in [5.41, 5.74) is 1.29. The summed E-state index contributed by atoms with van der Waals surface area (Å²) in [6, 6.07) is 16.8. The first kappa shape index (κ1) is 31.8. The highest BCUT2D eigenvalue weighted by atomic mass is 35.5. The fourth-order valence-corrected chi connectivity index (χ4v) is 8.99. The van der Waals surface area contributed by atoms with Crippen LogP contribution in [0.5, 0.6) is 11.5 Å². The highest BCUT2D eigenvalue weighted by molar-refractivity contribution is 8.00. The average molecular weight is 701 g/mol. The predicted molar refractivity (Wildman–Crippen MR) is 173 cm³/mol. The molecule has 3 amide bonds. The molecule has 3 aromatic carbocycles. The molecule has 1 aromatic heterocycles. The molecule has 16 heteroatoms. The van der Waals surface area contributed by atoms with Crippen molar-refractivity contribution in [3.63, 3.8) is 0 Å². The molecule has 2 aliphatic heterocycles. The number of nitrogens with zero attached hydrogens (tertiary/aromatic N) is 2. The van der Waals surface area contributed by atoms with Gasteiger partial charge in [-0.25, -0.2) is 18.5 Å². The van der Waals surface area contributed by atoms with Crippen LogP contribution in [-0.4, -0.2) is 50.2 Å². The topological polar surface area (TPSA) is 167 Å². The van der Waals surface area contributed by atoms with Crippen LogP contribution in [0.15, 0.2) is 81.4 Å². The molecule has 2 aliphatic rings. The number of halogens is 1. The van der Waals surface area contributed by atoms with Crippen LogP contribution >= 0.6 is 34.7 Å². The number of thioether (sulfide) groups is 1. The summed E-state index contributed by atoms with van der Waals surface area (Å²) in [4.78, 5) is 55.6. The van der Waals surface area contributed by atoms with Gasteiger partial charge in [-0.3, -0.25) is 23.7 Å². The molecule has 2 unspecified atom stereocenters. The number of amides is 3. The van der Waals surface area contributed by atoms with Gasteiger partial charge >= 0.3 is 4.87 Å². The number of sulfonamides is 1. The number of nitrogens with one attached hydrogen (secondary N) is 1. The number of anilines is 2. The molecule has 3 atom stereocenters. The van der Waals surface area contributed by atoms with Crippen molar-refractivity contribution in [2.24, 2.45) is 11.1 Å². The van der Waals surface area contributed by atoms with Crippen LogP contribution in [0.25, 0.3) is 0 Å². The molecular formula is C30H25ClN4O8S3. The van der Waals surface area contributed by atoms with Gasteiger partial charge in [0.1, 0.15) is 11.8 Å². The third-order valence-electron chi connectivity index (χ3n) is 7.67. The minimum atomic E-state index is -3.92. The van der Waals surface area contributed by atoms with Crippen molar-refractivity contribution in [1.29, 1.82) is 0 Å². The molecule has 238 valence electrons. The Kier molecular flexibility index (Phi) is 8.45. The predicted octanol–water partition coefficient (Wildman–Crippen LogP) is 3.66. The zero-order valence-corrected chi connectivity index (χ0v) is 27.3. The number of hydrogen-bond donors (Lipinski definition) is 2. The van der Waals surface area contributed by atoms with Crippen LogP contribution in [0, 0.1) is 5.92 Å². The Balaban J connectivity index is 1.40. The minimum Gasteiger partial charge on any atom is -0.493 e. The first-order valence-corrected chi connectivity index (χ1v) is 17.2. The first-order chi connectivity index (χ1) is 21.9. The fourth-order valence-electron chi connectivity index (χ4n) is 5.58. The maximum absolute atomic E-state index is 14.1. The second-order valence-corrected chi connectivity index (χ2v) is 14.5. The standard InChI is InChI=1S/C30H25ClN4O8S3/c1-42-20-12-3-15(13-21(20)43-2)23-24-25(28(38)35(27(24)37)18-8-4-16(31)5-9-18)44-29-26(23)45-30(39)34(29)14-22(36)33-17-6-10-19(11-7-17)46(32,40)41/h3-13,23-25H,14H2,1-2H3,(H,33,36)(H2,32,40,41)/t23-,24?,25?/m1/s1. The summed E-state index contributed by atoms with van der Waals surface area (Å²) < 4.78 is 35.3. The Hall–Kier alpha value is -4.15. The smallest absolute Gasteiger partial charge is 0.308 e. The zero-order chi connectivity index (χ0) is 32.9. The second-order valence-electron chi connectivity index (χ2n) is 10.4. The molecule has 4 aromatic rings. The number of nitrogens with two attached hydrogens (primary N) is 1. The number of aromatic nitrogens is 1. The van der Waals surface area contributed by atoms with Crippen molar-refractivity contribution in [1.82, 2.24) is 4.57 Å². The number of methoxy groups -OCH3 is 2. The maximum atomic E-state index is 14.1. The zero-order valence-electron chi connectivity index (χ0n) is 24.1. The van der Waals surface area contributed by atoms with Crippen LogP contribution in [0.2, 0.25) is 5.02 Å². The van der Waals surface area contributed by atoms with Gasteiger partial charge in [-0.2, -0.15) is 0 Å². The number of imide groups is 1. The molecule has 0 saturated carbocycles. The number of ether oxygens (including phenoxy) is 2. The van der Waals surface area contributed by atoms with Crippen molar-refractivity contribution in [3.05, 3.63) is 91.9 Å². The van der Waals surface area contributed by atoms with Crippen molar-refractivity contribution in [2.45, 2.75) is 27.6 Å². The van der Waals surface area contributed by atoms with E-state index in [0.29, 0.717) is 43.4 Å². The summed E-state index contributed by atoms with van der Waals surface area (Å²) in [6.07, 6.45) is 0. The van der Waals surface area contributed by atoms with Crippen LogP contribution in [0.1, 0.15) is 16.4 Å². The molecule has 3 N–H and O–H groups in total. The molecule has 1 fully saturated rings. The van der Waals surface area contributed by atoms with E-state index in [1.54, 1.807) is 42.5 Å². The lowest BCUT2D eigenvalue weighted by atomic mass is 9.83. The van der Waals surface area contributed by atoms with E-state index in [1.807, 2.05) is 0 Å². The fraction of sp³-hybridized carbons (Fsp3) is 0.200. The van der Waals surface area contributed by atoms with E-state index in [9.17, 15) is 27.6 Å². The van der Waals surface area contributed by atoms with Crippen molar-refractivity contribution in [3.8, 4) is 11.5 Å². The van der Waals surface area contributed by atoms with Gasteiger partial charge in [-0.15, -0.1) is 0 Å². The first-order valence-electron chi connectivity index (χ1n) is 13.6.